The SMILES string of the molecule is O=C(Nc1ccccc1)N1CCC[C@H](C(=O)N2CCN(Cc3ccsc3)CC2)C1. The largest absolute Gasteiger partial charge is 0.340 e. The van der Waals surface area contributed by atoms with Gasteiger partial charge in [-0.3, -0.25) is 9.69 Å². The number of hydrogen-bond donors (Lipinski definition) is 1. The quantitative estimate of drug-likeness (QED) is 0.838. The van der Waals surface area contributed by atoms with Crippen LogP contribution in [-0.2, 0) is 11.3 Å². The van der Waals surface area contributed by atoms with Crippen molar-refractivity contribution in [3.8, 4) is 0 Å². The second-order valence-electron chi connectivity index (χ2n) is 7.81. The van der Waals surface area contributed by atoms with Gasteiger partial charge in [0.25, 0.3) is 0 Å². The lowest BCUT2D eigenvalue weighted by Gasteiger charge is -2.39. The number of nitrogens with zero attached hydrogens (tertiary/aromatic N) is 3. The first-order chi connectivity index (χ1) is 14.2. The molecule has 0 aliphatic carbocycles. The van der Waals surface area contributed by atoms with Crippen molar-refractivity contribution in [2.45, 2.75) is 19.4 Å². The standard InChI is InChI=1S/C22H28N4O2S/c27-21(25-12-10-24(11-13-25)15-18-8-14-29-17-18)19-5-4-9-26(16-19)22(28)23-20-6-2-1-3-7-20/h1-3,6-8,14,17,19H,4-5,9-13,15-16H2,(H,23,28)/t19-/m0/s1. The Morgan fingerprint density at radius 3 is 2.52 bits per heavy atom. The highest BCUT2D eigenvalue weighted by atomic mass is 32.1. The molecular weight excluding hydrogens is 384 g/mol. The molecule has 1 N–H and O–H groups in total. The van der Waals surface area contributed by atoms with E-state index in [1.54, 1.807) is 16.2 Å². The number of piperidine rings is 1. The molecule has 3 heterocycles. The molecule has 3 amide bonds. The van der Waals surface area contributed by atoms with Crippen molar-refractivity contribution in [2.75, 3.05) is 44.6 Å². The summed E-state index contributed by atoms with van der Waals surface area (Å²) in [5, 5.41) is 7.23. The van der Waals surface area contributed by atoms with E-state index in [0.29, 0.717) is 13.1 Å². The van der Waals surface area contributed by atoms with Crippen LogP contribution in [0.5, 0.6) is 0 Å². The molecule has 6 nitrogen and oxygen atoms in total. The number of thiophene rings is 1. The Morgan fingerprint density at radius 2 is 1.79 bits per heavy atom. The number of anilines is 1. The Hall–Kier alpha value is -2.38. The summed E-state index contributed by atoms with van der Waals surface area (Å²) >= 11 is 1.73. The zero-order valence-corrected chi connectivity index (χ0v) is 17.4. The molecule has 2 saturated heterocycles. The van der Waals surface area contributed by atoms with Crippen molar-refractivity contribution in [3.63, 3.8) is 0 Å². The topological polar surface area (TPSA) is 55.9 Å². The van der Waals surface area contributed by atoms with Crippen LogP contribution >= 0.6 is 11.3 Å². The molecule has 2 fully saturated rings. The van der Waals surface area contributed by atoms with E-state index < -0.39 is 0 Å². The van der Waals surface area contributed by atoms with Crippen LogP contribution < -0.4 is 5.32 Å². The molecule has 1 aromatic carbocycles. The van der Waals surface area contributed by atoms with E-state index in [2.05, 4.69) is 27.0 Å². The summed E-state index contributed by atoms with van der Waals surface area (Å²) < 4.78 is 0. The zero-order valence-electron chi connectivity index (χ0n) is 16.6. The molecule has 2 aliphatic heterocycles. The number of para-hydroxylation sites is 1. The van der Waals surface area contributed by atoms with E-state index in [1.807, 2.05) is 35.2 Å². The molecule has 0 radical (unpaired) electrons. The van der Waals surface area contributed by atoms with Gasteiger partial charge in [0.05, 0.1) is 5.92 Å². The Morgan fingerprint density at radius 1 is 1.00 bits per heavy atom. The molecule has 7 heteroatoms. The van der Waals surface area contributed by atoms with Crippen molar-refractivity contribution in [1.82, 2.24) is 14.7 Å². The number of likely N-dealkylation sites (tertiary alicyclic amines) is 1. The second kappa shape index (κ2) is 9.41. The van der Waals surface area contributed by atoms with E-state index in [4.69, 9.17) is 0 Å². The van der Waals surface area contributed by atoms with Crippen molar-refractivity contribution < 1.29 is 9.59 Å². The number of rotatable bonds is 4. The molecule has 0 unspecified atom stereocenters. The first kappa shape index (κ1) is 19.9. The van der Waals surface area contributed by atoms with Gasteiger partial charge in [0.2, 0.25) is 5.91 Å². The van der Waals surface area contributed by atoms with Gasteiger partial charge in [-0.15, -0.1) is 0 Å². The molecule has 2 aromatic rings. The molecule has 1 atom stereocenters. The van der Waals surface area contributed by atoms with E-state index in [1.165, 1.54) is 5.56 Å². The molecule has 154 valence electrons. The third kappa shape index (κ3) is 5.16. The smallest absolute Gasteiger partial charge is 0.321 e. The average Bonchev–Trinajstić information content (AvgIpc) is 3.28. The Balaban J connectivity index is 1.27. The minimum absolute atomic E-state index is 0.0892. The first-order valence-corrected chi connectivity index (χ1v) is 11.3. The van der Waals surface area contributed by atoms with Gasteiger partial charge in [0, 0.05) is 51.5 Å². The Labute approximate surface area is 176 Å². The van der Waals surface area contributed by atoms with E-state index >= 15 is 0 Å². The Bertz CT molecular complexity index is 803. The summed E-state index contributed by atoms with van der Waals surface area (Å²) in [5.74, 6) is 0.117. The third-order valence-corrected chi connectivity index (χ3v) is 6.49. The molecule has 0 bridgehead atoms. The van der Waals surface area contributed by atoms with E-state index in [0.717, 1.165) is 51.3 Å². The highest BCUT2D eigenvalue weighted by molar-refractivity contribution is 7.07. The molecule has 2 aliphatic rings. The van der Waals surface area contributed by atoms with Crippen molar-refractivity contribution >= 4 is 29.0 Å². The van der Waals surface area contributed by atoms with Crippen LogP contribution in [0.1, 0.15) is 18.4 Å². The van der Waals surface area contributed by atoms with E-state index in [9.17, 15) is 9.59 Å². The first-order valence-electron chi connectivity index (χ1n) is 10.3. The normalized spacial score (nSPS) is 20.5. The fourth-order valence-electron chi connectivity index (χ4n) is 4.11. The van der Waals surface area contributed by atoms with Crippen LogP contribution in [0.15, 0.2) is 47.2 Å². The number of benzene rings is 1. The predicted octanol–water partition coefficient (Wildman–Crippen LogP) is 3.34. The monoisotopic (exact) mass is 412 g/mol. The van der Waals surface area contributed by atoms with Gasteiger partial charge in [-0.2, -0.15) is 11.3 Å². The molecule has 4 rings (SSSR count). The maximum atomic E-state index is 13.1. The zero-order chi connectivity index (χ0) is 20.1. The van der Waals surface area contributed by atoms with Crippen LogP contribution in [0.4, 0.5) is 10.5 Å². The lowest BCUT2D eigenvalue weighted by atomic mass is 9.96. The minimum Gasteiger partial charge on any atom is -0.340 e. The van der Waals surface area contributed by atoms with Gasteiger partial charge in [0.15, 0.2) is 0 Å². The summed E-state index contributed by atoms with van der Waals surface area (Å²) in [6.07, 6.45) is 1.74. The summed E-state index contributed by atoms with van der Waals surface area (Å²) in [4.78, 5) is 31.8. The maximum absolute atomic E-state index is 13.1. The fourth-order valence-corrected chi connectivity index (χ4v) is 4.77. The third-order valence-electron chi connectivity index (χ3n) is 5.75. The Kier molecular flexibility index (Phi) is 6.46. The van der Waals surface area contributed by atoms with Gasteiger partial charge in [-0.25, -0.2) is 4.79 Å². The van der Waals surface area contributed by atoms with Crippen LogP contribution in [0.25, 0.3) is 0 Å². The summed E-state index contributed by atoms with van der Waals surface area (Å²) in [7, 11) is 0. The molecule has 0 spiro atoms. The lowest BCUT2D eigenvalue weighted by Crippen LogP contribution is -2.53. The number of carbonyl (C=O) groups excluding carboxylic acids is 2. The van der Waals surface area contributed by atoms with Crippen LogP contribution in [-0.4, -0.2) is 65.9 Å². The van der Waals surface area contributed by atoms with Crippen molar-refractivity contribution in [2.24, 2.45) is 5.92 Å². The molecular formula is C22H28N4O2S. The second-order valence-corrected chi connectivity index (χ2v) is 8.59. The van der Waals surface area contributed by atoms with Gasteiger partial charge in [0.1, 0.15) is 0 Å². The molecule has 1 aromatic heterocycles. The van der Waals surface area contributed by atoms with Crippen LogP contribution in [0, 0.1) is 5.92 Å². The summed E-state index contributed by atoms with van der Waals surface area (Å²) in [5.41, 5.74) is 2.13. The number of urea groups is 1. The number of piperazine rings is 1. The van der Waals surface area contributed by atoms with Gasteiger partial charge in [-0.05, 0) is 47.4 Å². The number of hydrogen-bond acceptors (Lipinski definition) is 4. The van der Waals surface area contributed by atoms with Gasteiger partial charge < -0.3 is 15.1 Å². The van der Waals surface area contributed by atoms with Crippen molar-refractivity contribution in [1.29, 1.82) is 0 Å². The number of amides is 3. The average molecular weight is 413 g/mol. The number of carbonyl (C=O) groups is 2. The van der Waals surface area contributed by atoms with Gasteiger partial charge in [-0.1, -0.05) is 18.2 Å². The fraction of sp³-hybridized carbons (Fsp3) is 0.455. The molecule has 29 heavy (non-hydrogen) atoms. The predicted molar refractivity (Wildman–Crippen MR) is 116 cm³/mol. The van der Waals surface area contributed by atoms with Crippen LogP contribution in [0.2, 0.25) is 0 Å². The van der Waals surface area contributed by atoms with Crippen molar-refractivity contribution in [3.05, 3.63) is 52.7 Å². The van der Waals surface area contributed by atoms with Crippen LogP contribution in [0.3, 0.4) is 0 Å². The van der Waals surface area contributed by atoms with Gasteiger partial charge >= 0.3 is 6.03 Å². The minimum atomic E-state index is -0.116. The highest BCUT2D eigenvalue weighted by Crippen LogP contribution is 2.21. The lowest BCUT2D eigenvalue weighted by molar-refractivity contribution is -0.138. The molecule has 0 saturated carbocycles. The highest BCUT2D eigenvalue weighted by Gasteiger charge is 2.32. The summed E-state index contributed by atoms with van der Waals surface area (Å²) in [6.45, 7) is 5.54. The summed E-state index contributed by atoms with van der Waals surface area (Å²) in [6, 6.07) is 11.5. The maximum Gasteiger partial charge on any atom is 0.321 e. The number of nitrogens with one attached hydrogen (secondary N) is 1. The van der Waals surface area contributed by atoms with E-state index in [-0.39, 0.29) is 17.9 Å².